The molecule has 0 radical (unpaired) electrons. The normalized spacial score (nSPS) is 18.0. The average molecular weight is 1100 g/mol. The second kappa shape index (κ2) is 74.4. The van der Waals surface area contributed by atoms with Gasteiger partial charge in [-0.05, 0) is 158 Å². The second-order valence-corrected chi connectivity index (χ2v) is 20.5. The molecule has 0 aromatic carbocycles. The molecule has 5 fully saturated rings. The Balaban J connectivity index is -0.000000179. The van der Waals surface area contributed by atoms with Crippen molar-refractivity contribution in [3.8, 4) is 0 Å². The van der Waals surface area contributed by atoms with Crippen molar-refractivity contribution in [2.75, 3.05) is 161 Å². The minimum absolute atomic E-state index is 0.413. The van der Waals surface area contributed by atoms with Gasteiger partial charge in [-0.2, -0.15) is 0 Å². The number of likely N-dealkylation sites (tertiary alicyclic amines) is 1. The van der Waals surface area contributed by atoms with Crippen LogP contribution in [0.25, 0.3) is 0 Å². The Hall–Kier alpha value is -0.640. The van der Waals surface area contributed by atoms with Gasteiger partial charge in [0.2, 0.25) is 0 Å². The van der Waals surface area contributed by atoms with Crippen LogP contribution in [-0.4, -0.2) is 201 Å². The monoisotopic (exact) mass is 1100 g/mol. The predicted octanol–water partition coefficient (Wildman–Crippen LogP) is 11.3. The number of piperazine rings is 1. The molecule has 5 rings (SSSR count). The van der Waals surface area contributed by atoms with Crippen molar-refractivity contribution in [1.82, 2.24) is 31.1 Å². The molecule has 4 aliphatic heterocycles. The molecule has 2 unspecified atom stereocenters. The van der Waals surface area contributed by atoms with Gasteiger partial charge >= 0.3 is 0 Å². The van der Waals surface area contributed by atoms with E-state index in [9.17, 15) is 0 Å². The fourth-order valence-electron chi connectivity index (χ4n) is 7.56. The Labute approximate surface area is 474 Å². The number of ether oxygens (including phenoxy) is 10. The quantitative estimate of drug-likeness (QED) is 0.0638. The molecule has 4 heterocycles. The van der Waals surface area contributed by atoms with Crippen LogP contribution in [-0.2, 0) is 47.4 Å². The molecule has 16 heteroatoms. The SMILES string of the molecule is CC(C)C1CCCN1.CC(C)C1CCNC1.CC(C)N1CCCC1.CC(C)N1CCNCC1.CC(C)NC1CCCCC1.CCC.CCOCOC.CCOCOC.CCOCOC.CCOCOC.CCOCOC. The van der Waals surface area contributed by atoms with Crippen molar-refractivity contribution in [2.24, 2.45) is 17.8 Å². The summed E-state index contributed by atoms with van der Waals surface area (Å²) in [5, 5.41) is 13.7. The first-order valence-corrected chi connectivity index (χ1v) is 30.2. The third kappa shape index (κ3) is 75.4. The summed E-state index contributed by atoms with van der Waals surface area (Å²) < 4.78 is 46.6. The number of rotatable bonds is 21. The molecule has 468 valence electrons. The van der Waals surface area contributed by atoms with E-state index in [1.807, 2.05) is 34.6 Å². The largest absolute Gasteiger partial charge is 0.359 e. The van der Waals surface area contributed by atoms with Crippen molar-refractivity contribution >= 4 is 0 Å². The van der Waals surface area contributed by atoms with Gasteiger partial charge in [0.1, 0.15) is 34.0 Å². The number of hydrogen-bond acceptors (Lipinski definition) is 16. The summed E-state index contributed by atoms with van der Waals surface area (Å²) in [5.41, 5.74) is 0. The van der Waals surface area contributed by atoms with Gasteiger partial charge in [0.25, 0.3) is 0 Å². The van der Waals surface area contributed by atoms with E-state index < -0.39 is 0 Å². The van der Waals surface area contributed by atoms with Crippen LogP contribution in [0.4, 0.5) is 0 Å². The van der Waals surface area contributed by atoms with Gasteiger partial charge in [-0.1, -0.05) is 81.1 Å². The molecule has 4 saturated heterocycles. The molecule has 0 spiro atoms. The third-order valence-corrected chi connectivity index (χ3v) is 11.9. The molecule has 0 aromatic rings. The highest BCUT2D eigenvalue weighted by atomic mass is 16.7. The third-order valence-electron chi connectivity index (χ3n) is 11.9. The van der Waals surface area contributed by atoms with Crippen molar-refractivity contribution < 1.29 is 47.4 Å². The van der Waals surface area contributed by atoms with E-state index in [0.717, 1.165) is 88.0 Å². The number of nitrogens with one attached hydrogen (secondary N) is 4. The van der Waals surface area contributed by atoms with Crippen molar-refractivity contribution in [1.29, 1.82) is 0 Å². The molecule has 0 aromatic heterocycles. The van der Waals surface area contributed by atoms with E-state index in [2.05, 4.69) is 138 Å². The van der Waals surface area contributed by atoms with Gasteiger partial charge in [-0.3, -0.25) is 4.90 Å². The van der Waals surface area contributed by atoms with Gasteiger partial charge in [0, 0.05) is 125 Å². The van der Waals surface area contributed by atoms with Gasteiger partial charge in [0.15, 0.2) is 0 Å². The fourth-order valence-corrected chi connectivity index (χ4v) is 7.56. The van der Waals surface area contributed by atoms with Crippen LogP contribution in [0.2, 0.25) is 0 Å². The van der Waals surface area contributed by atoms with Crippen molar-refractivity contribution in [3.63, 3.8) is 0 Å². The Kier molecular flexibility index (Phi) is 84.7. The maximum absolute atomic E-state index is 4.76. The molecule has 1 saturated carbocycles. The Morgan fingerprint density at radius 2 is 0.803 bits per heavy atom. The minimum Gasteiger partial charge on any atom is -0.359 e. The summed E-state index contributed by atoms with van der Waals surface area (Å²) in [6, 6.07) is 3.82. The zero-order valence-electron chi connectivity index (χ0n) is 54.8. The summed E-state index contributed by atoms with van der Waals surface area (Å²) in [5.74, 6) is 2.66. The van der Waals surface area contributed by atoms with Gasteiger partial charge in [0.05, 0.1) is 0 Å². The number of hydrogen-bond donors (Lipinski definition) is 4. The van der Waals surface area contributed by atoms with Crippen LogP contribution >= 0.6 is 0 Å². The maximum Gasteiger partial charge on any atom is 0.146 e. The highest BCUT2D eigenvalue weighted by molar-refractivity contribution is 4.77. The van der Waals surface area contributed by atoms with Gasteiger partial charge < -0.3 is 73.5 Å². The lowest BCUT2D eigenvalue weighted by atomic mass is 9.95. The molecule has 16 nitrogen and oxygen atoms in total. The summed E-state index contributed by atoms with van der Waals surface area (Å²) in [6.07, 6.45) is 15.4. The van der Waals surface area contributed by atoms with Crippen LogP contribution in [0, 0.1) is 17.8 Å². The van der Waals surface area contributed by atoms with E-state index >= 15 is 0 Å². The van der Waals surface area contributed by atoms with Gasteiger partial charge in [-0.15, -0.1) is 0 Å². The molecule has 2 atom stereocenters. The zero-order valence-corrected chi connectivity index (χ0v) is 54.8. The highest BCUT2D eigenvalue weighted by Crippen LogP contribution is 2.18. The molecular weight excluding hydrogens is 965 g/mol. The predicted molar refractivity (Wildman–Crippen MR) is 326 cm³/mol. The van der Waals surface area contributed by atoms with E-state index in [-0.39, 0.29) is 0 Å². The number of nitrogens with zero attached hydrogens (tertiary/aromatic N) is 2. The lowest BCUT2D eigenvalue weighted by molar-refractivity contribution is -0.0251. The summed E-state index contributed by atoms with van der Waals surface area (Å²) >= 11 is 0. The Bertz CT molecular complexity index is 837. The summed E-state index contributed by atoms with van der Waals surface area (Å²) in [4.78, 5) is 5.02. The van der Waals surface area contributed by atoms with E-state index in [4.69, 9.17) is 23.7 Å². The van der Waals surface area contributed by atoms with E-state index in [1.165, 1.54) is 116 Å². The van der Waals surface area contributed by atoms with Crippen LogP contribution < -0.4 is 21.3 Å². The highest BCUT2D eigenvalue weighted by Gasteiger charge is 2.18. The standard InChI is InChI=1S/C9H19N.C7H16N2.3C7H15N.5C4H10O2.C3H8/c1-8(2)10-9-6-4-3-5-7-9;1-7(2)9-5-3-8-4-6-9;1-6(2)7-3-4-8-5-7;1-7(2)8-5-3-4-6-8;1-6(2)7-4-3-5-8-7;5*1-3-6-4-5-2;1-3-2/h8-10H,3-7H2,1-2H3;7-8H,3-6H2,1-2H3;6-8H,3-5H2,1-2H3;7H,3-6H2,1-2H3;6-8H,3-5H2,1-2H3;5*3-4H2,1-2H3;3H2,1-2H3. The second-order valence-electron chi connectivity index (χ2n) is 20.5. The summed E-state index contributed by atoms with van der Waals surface area (Å²) in [7, 11) is 8.03. The average Bonchev–Trinajstić information content (AvgIpc) is 4.27. The lowest BCUT2D eigenvalue weighted by Gasteiger charge is -2.30. The first kappa shape index (κ1) is 86.6. The van der Waals surface area contributed by atoms with Crippen LogP contribution in [0.3, 0.4) is 0 Å². The molecular formula is C60H138N6O10. The smallest absolute Gasteiger partial charge is 0.146 e. The Morgan fingerprint density at radius 1 is 0.421 bits per heavy atom. The fraction of sp³-hybridized carbons (Fsp3) is 1.00. The van der Waals surface area contributed by atoms with Crippen LogP contribution in [0.5, 0.6) is 0 Å². The van der Waals surface area contributed by atoms with E-state index in [0.29, 0.717) is 40.0 Å². The van der Waals surface area contributed by atoms with Crippen molar-refractivity contribution in [3.05, 3.63) is 0 Å². The van der Waals surface area contributed by atoms with Crippen LogP contribution in [0.15, 0.2) is 0 Å². The van der Waals surface area contributed by atoms with Crippen LogP contribution in [0.1, 0.15) is 188 Å². The molecule has 1 aliphatic carbocycles. The molecule has 4 N–H and O–H groups in total. The van der Waals surface area contributed by atoms with Crippen molar-refractivity contribution in [2.45, 2.75) is 219 Å². The van der Waals surface area contributed by atoms with E-state index in [1.54, 1.807) is 35.5 Å². The molecule has 5 aliphatic rings. The molecule has 0 bridgehead atoms. The number of methoxy groups -OCH3 is 5. The lowest BCUT2D eigenvalue weighted by Crippen LogP contribution is -2.46. The van der Waals surface area contributed by atoms with Gasteiger partial charge in [-0.25, -0.2) is 0 Å². The summed E-state index contributed by atoms with van der Waals surface area (Å²) in [6.45, 7) is 53.4. The maximum atomic E-state index is 4.76. The Morgan fingerprint density at radius 3 is 1.00 bits per heavy atom. The topological polar surface area (TPSA) is 147 Å². The zero-order chi connectivity index (χ0) is 58.9. The first-order chi connectivity index (χ1) is 36.5. The molecule has 0 amide bonds. The molecule has 76 heavy (non-hydrogen) atoms. The first-order valence-electron chi connectivity index (χ1n) is 30.2. The minimum atomic E-state index is 0.413.